The summed E-state index contributed by atoms with van der Waals surface area (Å²) in [7, 11) is 6.54. The number of nitrogens with zero attached hydrogens (tertiary/aromatic N) is 5. The lowest BCUT2D eigenvalue weighted by molar-refractivity contribution is -0.140. The first-order valence-corrected chi connectivity index (χ1v) is 19.7. The van der Waals surface area contributed by atoms with Crippen LogP contribution >= 0.6 is 35.1 Å². The zero-order valence-electron chi connectivity index (χ0n) is 29.6. The van der Waals surface area contributed by atoms with Gasteiger partial charge in [0, 0.05) is 82.5 Å². The Morgan fingerprint density at radius 3 is 2.58 bits per heavy atom. The average molecular weight is 758 g/mol. The molecule has 0 fully saturated rings. The van der Waals surface area contributed by atoms with Crippen molar-refractivity contribution in [1.29, 1.82) is 0 Å². The lowest BCUT2D eigenvalue weighted by atomic mass is 9.95. The number of hydrogen-bond acceptors (Lipinski definition) is 9. The Morgan fingerprint density at radius 2 is 1.77 bits per heavy atom. The summed E-state index contributed by atoms with van der Waals surface area (Å²) in [4.78, 5) is 26.3. The van der Waals surface area contributed by atoms with Crippen LogP contribution in [0.1, 0.15) is 58.1 Å². The number of methoxy groups -OCH3 is 2. The largest absolute Gasteiger partial charge is 0.507 e. The second kappa shape index (κ2) is 15.3. The maximum Gasteiger partial charge on any atom is 0.354 e. The van der Waals surface area contributed by atoms with Gasteiger partial charge in [-0.3, -0.25) is 14.2 Å². The van der Waals surface area contributed by atoms with Crippen LogP contribution in [0, 0.1) is 0 Å². The Hall–Kier alpha value is -4.39. The van der Waals surface area contributed by atoms with Crippen LogP contribution in [0.5, 0.6) is 5.75 Å². The van der Waals surface area contributed by atoms with Crippen molar-refractivity contribution in [2.75, 3.05) is 14.2 Å². The second-order valence-electron chi connectivity index (χ2n) is 12.9. The molecule has 10 nitrogen and oxygen atoms in total. The van der Waals surface area contributed by atoms with E-state index in [9.17, 15) is 14.7 Å². The van der Waals surface area contributed by atoms with Gasteiger partial charge in [0.05, 0.1) is 36.1 Å². The van der Waals surface area contributed by atoms with Crippen LogP contribution in [0.3, 0.4) is 0 Å². The third-order valence-corrected chi connectivity index (χ3v) is 12.0. The molecule has 3 aromatic heterocycles. The summed E-state index contributed by atoms with van der Waals surface area (Å²) in [5.41, 5.74) is 7.94. The van der Waals surface area contributed by atoms with Crippen molar-refractivity contribution >= 4 is 68.7 Å². The molecule has 1 N–H and O–H groups in total. The van der Waals surface area contributed by atoms with Crippen LogP contribution in [0.25, 0.3) is 32.8 Å². The number of thioether (sulfide) groups is 2. The molecule has 0 saturated carbocycles. The average Bonchev–Trinajstić information content (AvgIpc) is 3.79. The van der Waals surface area contributed by atoms with Crippen LogP contribution in [-0.4, -0.2) is 55.4 Å². The fourth-order valence-electron chi connectivity index (χ4n) is 7.24. The second-order valence-corrected chi connectivity index (χ2v) is 15.4. The van der Waals surface area contributed by atoms with Gasteiger partial charge in [-0.05, 0) is 60.9 Å². The number of fused-ring (bicyclic) bond motifs is 3. The number of ether oxygens (including phenoxy) is 2. The molecule has 0 radical (unpaired) electrons. The van der Waals surface area contributed by atoms with Crippen LogP contribution in [0.4, 0.5) is 0 Å². The minimum absolute atomic E-state index is 0.129. The van der Waals surface area contributed by atoms with Crippen LogP contribution in [0.15, 0.2) is 59.5 Å². The predicted molar refractivity (Wildman–Crippen MR) is 207 cm³/mol. The summed E-state index contributed by atoms with van der Waals surface area (Å²) in [5, 5.41) is 23.8. The zero-order valence-corrected chi connectivity index (χ0v) is 32.0. The molecule has 4 heterocycles. The molecule has 1 aliphatic heterocycles. The predicted octanol–water partition coefficient (Wildman–Crippen LogP) is 8.24. The van der Waals surface area contributed by atoms with Gasteiger partial charge in [0.25, 0.3) is 0 Å². The van der Waals surface area contributed by atoms with E-state index >= 15 is 0 Å². The minimum Gasteiger partial charge on any atom is -0.507 e. The van der Waals surface area contributed by atoms with E-state index in [1.165, 1.54) is 14.2 Å². The summed E-state index contributed by atoms with van der Waals surface area (Å²) >= 11 is 10.5. The van der Waals surface area contributed by atoms with E-state index in [0.717, 1.165) is 97.6 Å². The van der Waals surface area contributed by atoms with E-state index in [2.05, 4.69) is 16.8 Å². The summed E-state index contributed by atoms with van der Waals surface area (Å²) in [6, 6.07) is 17.7. The van der Waals surface area contributed by atoms with E-state index in [4.69, 9.17) is 31.3 Å². The first-order chi connectivity index (χ1) is 25.2. The fourth-order valence-corrected chi connectivity index (χ4v) is 9.33. The third kappa shape index (κ3) is 6.91. The van der Waals surface area contributed by atoms with Gasteiger partial charge >= 0.3 is 11.9 Å². The molecule has 0 spiro atoms. The normalized spacial score (nSPS) is 12.8. The highest BCUT2D eigenvalue weighted by Crippen LogP contribution is 2.44. The van der Waals surface area contributed by atoms with Crippen LogP contribution < -0.4 is 0 Å². The highest BCUT2D eigenvalue weighted by Gasteiger charge is 2.30. The van der Waals surface area contributed by atoms with Gasteiger partial charge < -0.3 is 19.1 Å². The van der Waals surface area contributed by atoms with Crippen LogP contribution in [-0.2, 0) is 65.0 Å². The monoisotopic (exact) mass is 757 g/mol. The maximum atomic E-state index is 13.2. The summed E-state index contributed by atoms with van der Waals surface area (Å²) in [6.07, 6.45) is 3.43. The van der Waals surface area contributed by atoms with Crippen molar-refractivity contribution in [2.45, 2.75) is 60.8 Å². The van der Waals surface area contributed by atoms with E-state index in [-0.39, 0.29) is 18.1 Å². The highest BCUT2D eigenvalue weighted by molar-refractivity contribution is 7.98. The van der Waals surface area contributed by atoms with Crippen molar-refractivity contribution < 1.29 is 24.2 Å². The Balaban J connectivity index is 1.16. The number of esters is 2. The molecular formula is C39H40ClN5O5S2. The Morgan fingerprint density at radius 1 is 0.942 bits per heavy atom. The number of carbonyl (C=O) groups excluding carboxylic acids is 2. The number of carbonyl (C=O) groups is 2. The number of aromatic nitrogens is 5. The van der Waals surface area contributed by atoms with Gasteiger partial charge in [0.2, 0.25) is 0 Å². The number of phenolic OH excluding ortho intramolecular Hbond substituents is 1. The Bertz CT molecular complexity index is 2330. The van der Waals surface area contributed by atoms with Gasteiger partial charge in [-0.1, -0.05) is 41.9 Å². The molecule has 0 unspecified atom stereocenters. The highest BCUT2D eigenvalue weighted by atomic mass is 35.5. The molecular weight excluding hydrogens is 718 g/mol. The fraction of sp³-hybridized carbons (Fsp3) is 0.333. The minimum atomic E-state index is -0.475. The van der Waals surface area contributed by atoms with E-state index in [1.54, 1.807) is 23.5 Å². The van der Waals surface area contributed by atoms with Crippen molar-refractivity contribution in [3.8, 4) is 16.9 Å². The van der Waals surface area contributed by atoms with Crippen molar-refractivity contribution in [2.24, 2.45) is 14.1 Å². The van der Waals surface area contributed by atoms with Gasteiger partial charge in [0.1, 0.15) is 11.4 Å². The lowest BCUT2D eigenvalue weighted by Gasteiger charge is -2.16. The maximum absolute atomic E-state index is 13.2. The van der Waals surface area contributed by atoms with Gasteiger partial charge in [-0.25, -0.2) is 4.79 Å². The molecule has 1 aliphatic rings. The number of aromatic hydroxyl groups is 1. The van der Waals surface area contributed by atoms with Crippen molar-refractivity contribution in [3.63, 3.8) is 0 Å². The van der Waals surface area contributed by atoms with Crippen LogP contribution in [0.2, 0.25) is 5.02 Å². The quantitative estimate of drug-likeness (QED) is 0.0974. The smallest absolute Gasteiger partial charge is 0.354 e. The molecule has 0 saturated heterocycles. The molecule has 270 valence electrons. The Labute approximate surface area is 315 Å². The number of rotatable bonds is 12. The number of aryl methyl sites for hydroxylation is 4. The number of hydrogen-bond donors (Lipinski definition) is 1. The van der Waals surface area contributed by atoms with E-state index in [0.29, 0.717) is 28.6 Å². The topological polar surface area (TPSA) is 113 Å². The van der Waals surface area contributed by atoms with E-state index in [1.807, 2.05) is 65.8 Å². The third-order valence-electron chi connectivity index (χ3n) is 9.72. The first-order valence-electron chi connectivity index (χ1n) is 17.2. The van der Waals surface area contributed by atoms with Gasteiger partial charge in [0.15, 0.2) is 0 Å². The molecule has 6 aromatic rings. The number of benzene rings is 3. The molecule has 0 atom stereocenters. The molecule has 0 amide bonds. The molecule has 0 bridgehead atoms. The number of halogens is 1. The lowest BCUT2D eigenvalue weighted by Crippen LogP contribution is -2.12. The summed E-state index contributed by atoms with van der Waals surface area (Å²) in [5.74, 6) is 1.52. The van der Waals surface area contributed by atoms with Crippen molar-refractivity contribution in [1.82, 2.24) is 24.1 Å². The Kier molecular flexibility index (Phi) is 10.6. The first kappa shape index (κ1) is 36.0. The van der Waals surface area contributed by atoms with Gasteiger partial charge in [-0.15, -0.1) is 23.5 Å². The zero-order chi connectivity index (χ0) is 36.5. The molecule has 52 heavy (non-hydrogen) atoms. The standard InChI is InChI=1S/C39H40ClN5O5S2/c1-43-37-28(29(13-15-34(47)49-3)38(43)39(48)50-4)12-14-30(40)35(37)36-31(42-45-16-8-7-11-32(36)45)22-51-20-24-18-25(44(2)41-24)21-52-26-17-23-9-5-6-10-27(23)33(46)19-26/h5-6,9-10,12,14,17-19,46H,7-8,11,13,15-16,20-22H2,1-4H3. The van der Waals surface area contributed by atoms with Gasteiger partial charge in [-0.2, -0.15) is 10.2 Å². The van der Waals surface area contributed by atoms with Crippen molar-refractivity contribution in [3.05, 3.63) is 93.7 Å². The molecule has 7 rings (SSSR count). The summed E-state index contributed by atoms with van der Waals surface area (Å²) in [6.45, 7) is 0.835. The number of phenols is 1. The molecule has 3 aromatic carbocycles. The SMILES string of the molecule is COC(=O)CCc1c(C(=O)OC)n(C)c2c(-c3c(CSCc4cc(CSc5cc(O)c6ccccc6c5)n(C)n4)nn4c3CCCC4)c(Cl)ccc12. The van der Waals surface area contributed by atoms with E-state index < -0.39 is 5.97 Å². The molecule has 13 heteroatoms. The summed E-state index contributed by atoms with van der Waals surface area (Å²) < 4.78 is 16.0. The molecule has 0 aliphatic carbocycles.